The van der Waals surface area contributed by atoms with Gasteiger partial charge in [0, 0.05) is 36.1 Å². The van der Waals surface area contributed by atoms with Crippen LogP contribution in [-0.4, -0.2) is 18.7 Å². The van der Waals surface area contributed by atoms with E-state index in [1.807, 2.05) is 0 Å². The van der Waals surface area contributed by atoms with E-state index >= 15 is 0 Å². The van der Waals surface area contributed by atoms with Gasteiger partial charge in [-0.3, -0.25) is 0 Å². The molecular formula is C16H21F2NO. The summed E-state index contributed by atoms with van der Waals surface area (Å²) in [6, 6.07) is 3.90. The molecule has 20 heavy (non-hydrogen) atoms. The molecule has 1 spiro atoms. The molecule has 0 saturated heterocycles. The van der Waals surface area contributed by atoms with Crippen LogP contribution in [0.5, 0.6) is 5.75 Å². The molecule has 110 valence electrons. The second kappa shape index (κ2) is 5.32. The molecule has 2 unspecified atom stereocenters. The molecule has 2 aliphatic rings. The van der Waals surface area contributed by atoms with Crippen molar-refractivity contribution in [2.24, 2.45) is 5.41 Å². The van der Waals surface area contributed by atoms with E-state index < -0.39 is 11.6 Å². The van der Waals surface area contributed by atoms with E-state index in [0.717, 1.165) is 31.9 Å². The van der Waals surface area contributed by atoms with Crippen LogP contribution in [-0.2, 0) is 0 Å². The van der Waals surface area contributed by atoms with Gasteiger partial charge in [0.15, 0.2) is 0 Å². The lowest BCUT2D eigenvalue weighted by Gasteiger charge is -2.54. The van der Waals surface area contributed by atoms with Crippen LogP contribution in [0.1, 0.15) is 39.0 Å². The van der Waals surface area contributed by atoms with Gasteiger partial charge in [0.2, 0.25) is 0 Å². The number of hydrogen-bond acceptors (Lipinski definition) is 2. The van der Waals surface area contributed by atoms with E-state index in [9.17, 15) is 8.78 Å². The molecule has 1 aromatic carbocycles. The van der Waals surface area contributed by atoms with E-state index in [2.05, 4.69) is 12.2 Å². The number of hydrogen-bond donors (Lipinski definition) is 1. The highest BCUT2D eigenvalue weighted by Gasteiger charge is 2.57. The summed E-state index contributed by atoms with van der Waals surface area (Å²) in [6.07, 6.45) is 5.74. The Morgan fingerprint density at radius 2 is 1.85 bits per heavy atom. The Morgan fingerprint density at radius 1 is 1.20 bits per heavy atom. The average molecular weight is 281 g/mol. The minimum Gasteiger partial charge on any atom is -0.490 e. The maximum absolute atomic E-state index is 13.2. The smallest absolute Gasteiger partial charge is 0.129 e. The summed E-state index contributed by atoms with van der Waals surface area (Å²) in [4.78, 5) is 0. The molecule has 0 radical (unpaired) electrons. The van der Waals surface area contributed by atoms with E-state index in [1.165, 1.54) is 25.0 Å². The summed E-state index contributed by atoms with van der Waals surface area (Å²) >= 11 is 0. The minimum absolute atomic E-state index is 0.0789. The topological polar surface area (TPSA) is 21.3 Å². The lowest BCUT2D eigenvalue weighted by Crippen LogP contribution is -2.63. The zero-order valence-electron chi connectivity index (χ0n) is 11.8. The third-order valence-electron chi connectivity index (χ3n) is 4.88. The highest BCUT2D eigenvalue weighted by Crippen LogP contribution is 2.54. The monoisotopic (exact) mass is 281 g/mol. The summed E-state index contributed by atoms with van der Waals surface area (Å²) in [7, 11) is 0. The van der Waals surface area contributed by atoms with Crippen LogP contribution in [0.25, 0.3) is 0 Å². The quantitative estimate of drug-likeness (QED) is 0.909. The van der Waals surface area contributed by atoms with Gasteiger partial charge >= 0.3 is 0 Å². The second-order valence-corrected chi connectivity index (χ2v) is 6.00. The highest BCUT2D eigenvalue weighted by molar-refractivity contribution is 5.25. The summed E-state index contributed by atoms with van der Waals surface area (Å²) in [5.41, 5.74) is 0.165. The first kappa shape index (κ1) is 13.8. The summed E-state index contributed by atoms with van der Waals surface area (Å²) in [5, 5.41) is 3.53. The molecule has 2 atom stereocenters. The molecular weight excluding hydrogens is 260 g/mol. The summed E-state index contributed by atoms with van der Waals surface area (Å²) in [5.74, 6) is -0.847. The maximum atomic E-state index is 13.2. The van der Waals surface area contributed by atoms with Crippen LogP contribution in [0.3, 0.4) is 0 Å². The van der Waals surface area contributed by atoms with Crippen molar-refractivity contribution in [1.29, 1.82) is 0 Å². The Hall–Kier alpha value is -1.16. The maximum Gasteiger partial charge on any atom is 0.129 e. The van der Waals surface area contributed by atoms with Gasteiger partial charge in [-0.15, -0.1) is 0 Å². The van der Waals surface area contributed by atoms with Gasteiger partial charge in [0.1, 0.15) is 23.5 Å². The van der Waals surface area contributed by atoms with Gasteiger partial charge in [0.05, 0.1) is 0 Å². The molecule has 3 rings (SSSR count). The number of halogens is 2. The van der Waals surface area contributed by atoms with E-state index in [0.29, 0.717) is 11.8 Å². The van der Waals surface area contributed by atoms with Crippen LogP contribution >= 0.6 is 0 Å². The molecule has 0 aromatic heterocycles. The predicted octanol–water partition coefficient (Wildman–Crippen LogP) is 3.65. The Morgan fingerprint density at radius 3 is 2.45 bits per heavy atom. The number of benzene rings is 1. The van der Waals surface area contributed by atoms with Crippen molar-refractivity contribution in [2.75, 3.05) is 6.54 Å². The first-order valence-corrected chi connectivity index (χ1v) is 7.50. The Labute approximate surface area is 118 Å². The minimum atomic E-state index is -0.581. The van der Waals surface area contributed by atoms with Gasteiger partial charge in [-0.05, 0) is 19.4 Å². The zero-order chi connectivity index (χ0) is 14.2. The molecule has 2 fully saturated rings. The van der Waals surface area contributed by atoms with Gasteiger partial charge in [-0.2, -0.15) is 0 Å². The van der Waals surface area contributed by atoms with Crippen molar-refractivity contribution in [1.82, 2.24) is 5.32 Å². The standard InChI is InChI=1S/C16H21F2NO/c1-2-19-14-10-15(16(14)5-3-4-6-16)20-13-8-11(17)7-12(18)9-13/h7-9,14-15,19H,2-6,10H2,1H3. The summed E-state index contributed by atoms with van der Waals surface area (Å²) in [6.45, 7) is 3.06. The van der Waals surface area contributed by atoms with Crippen molar-refractivity contribution < 1.29 is 13.5 Å². The van der Waals surface area contributed by atoms with Crippen LogP contribution in [0.2, 0.25) is 0 Å². The molecule has 2 aliphatic carbocycles. The first-order chi connectivity index (χ1) is 9.64. The molecule has 0 heterocycles. The third kappa shape index (κ3) is 2.30. The normalized spacial score (nSPS) is 27.6. The van der Waals surface area contributed by atoms with Crippen LogP contribution in [0.4, 0.5) is 8.78 Å². The second-order valence-electron chi connectivity index (χ2n) is 6.00. The molecule has 0 aliphatic heterocycles. The number of nitrogens with one attached hydrogen (secondary N) is 1. The first-order valence-electron chi connectivity index (χ1n) is 7.50. The lowest BCUT2D eigenvalue weighted by atomic mass is 9.60. The Balaban J connectivity index is 1.74. The SMILES string of the molecule is CCNC1CC(Oc2cc(F)cc(F)c2)C12CCCC2. The van der Waals surface area contributed by atoms with Crippen LogP contribution in [0, 0.1) is 17.0 Å². The van der Waals surface area contributed by atoms with Crippen molar-refractivity contribution in [2.45, 2.75) is 51.2 Å². The van der Waals surface area contributed by atoms with Crippen LogP contribution in [0.15, 0.2) is 18.2 Å². The fraction of sp³-hybridized carbons (Fsp3) is 0.625. The van der Waals surface area contributed by atoms with Crippen molar-refractivity contribution in [3.8, 4) is 5.75 Å². The molecule has 0 amide bonds. The van der Waals surface area contributed by atoms with Crippen molar-refractivity contribution in [3.63, 3.8) is 0 Å². The van der Waals surface area contributed by atoms with Crippen molar-refractivity contribution in [3.05, 3.63) is 29.8 Å². The highest BCUT2D eigenvalue weighted by atomic mass is 19.1. The molecule has 1 aromatic rings. The zero-order valence-corrected chi connectivity index (χ0v) is 11.8. The molecule has 2 nitrogen and oxygen atoms in total. The van der Waals surface area contributed by atoms with Gasteiger partial charge in [-0.25, -0.2) is 8.78 Å². The predicted molar refractivity (Wildman–Crippen MR) is 73.8 cm³/mol. The van der Waals surface area contributed by atoms with E-state index in [1.54, 1.807) is 0 Å². The number of rotatable bonds is 4. The van der Waals surface area contributed by atoms with Gasteiger partial charge in [0.25, 0.3) is 0 Å². The van der Waals surface area contributed by atoms with Crippen LogP contribution < -0.4 is 10.1 Å². The average Bonchev–Trinajstić information content (AvgIpc) is 2.88. The number of ether oxygens (including phenoxy) is 1. The van der Waals surface area contributed by atoms with E-state index in [4.69, 9.17) is 4.74 Å². The summed E-state index contributed by atoms with van der Waals surface area (Å²) < 4.78 is 32.4. The van der Waals surface area contributed by atoms with Crippen molar-refractivity contribution >= 4 is 0 Å². The largest absolute Gasteiger partial charge is 0.490 e. The molecule has 2 saturated carbocycles. The Bertz CT molecular complexity index is 465. The van der Waals surface area contributed by atoms with Gasteiger partial charge in [-0.1, -0.05) is 19.8 Å². The fourth-order valence-corrected chi connectivity index (χ4v) is 3.91. The molecule has 1 N–H and O–H groups in total. The van der Waals surface area contributed by atoms with E-state index in [-0.39, 0.29) is 11.5 Å². The molecule has 0 bridgehead atoms. The van der Waals surface area contributed by atoms with Gasteiger partial charge < -0.3 is 10.1 Å². The lowest BCUT2D eigenvalue weighted by molar-refractivity contribution is -0.0757. The fourth-order valence-electron chi connectivity index (χ4n) is 3.91. The Kier molecular flexibility index (Phi) is 3.67. The third-order valence-corrected chi connectivity index (χ3v) is 4.88. The molecule has 4 heteroatoms.